The average molecular weight is 181 g/mol. The Kier molecular flexibility index (Phi) is 2.92. The number of hydrogen-bond donors (Lipinski definition) is 1. The lowest BCUT2D eigenvalue weighted by atomic mass is 10.2. The predicted molar refractivity (Wildman–Crippen MR) is 46.0 cm³/mol. The van der Waals surface area contributed by atoms with Crippen LogP contribution in [-0.2, 0) is 11.3 Å². The minimum absolute atomic E-state index is 0.206. The number of aromatic nitrogens is 2. The summed E-state index contributed by atoms with van der Waals surface area (Å²) in [4.78, 5) is 11.0. The third-order valence-corrected chi connectivity index (χ3v) is 1.67. The van der Waals surface area contributed by atoms with Crippen LogP contribution in [0.2, 0.25) is 0 Å². The van der Waals surface area contributed by atoms with Crippen LogP contribution in [0.5, 0.6) is 0 Å². The summed E-state index contributed by atoms with van der Waals surface area (Å²) in [6.07, 6.45) is 0. The molecule has 0 saturated heterocycles. The second-order valence-electron chi connectivity index (χ2n) is 2.55. The molecule has 1 heterocycles. The van der Waals surface area contributed by atoms with Crippen LogP contribution in [0.1, 0.15) is 21.7 Å². The van der Waals surface area contributed by atoms with Crippen LogP contribution in [0.4, 0.5) is 0 Å². The maximum Gasteiger partial charge on any atom is 0.358 e. The first-order chi connectivity index (χ1) is 6.19. The van der Waals surface area contributed by atoms with Gasteiger partial charge < -0.3 is 10.5 Å². The van der Waals surface area contributed by atoms with Crippen LogP contribution >= 0.6 is 0 Å². The van der Waals surface area contributed by atoms with Gasteiger partial charge in [0.25, 0.3) is 0 Å². The average Bonchev–Trinajstić information content (AvgIpc) is 2.16. The van der Waals surface area contributed by atoms with Gasteiger partial charge in [0, 0.05) is 6.54 Å². The Morgan fingerprint density at radius 1 is 1.62 bits per heavy atom. The fourth-order valence-corrected chi connectivity index (χ4v) is 0.916. The van der Waals surface area contributed by atoms with Crippen LogP contribution in [-0.4, -0.2) is 23.3 Å². The number of hydrogen-bond acceptors (Lipinski definition) is 5. The Hall–Kier alpha value is -1.49. The molecular weight excluding hydrogens is 170 g/mol. The third-order valence-electron chi connectivity index (χ3n) is 1.67. The number of ether oxygens (including phenoxy) is 1. The number of carbonyl (C=O) groups excluding carboxylic acids is 1. The van der Waals surface area contributed by atoms with E-state index >= 15 is 0 Å². The highest BCUT2D eigenvalue weighted by atomic mass is 16.5. The van der Waals surface area contributed by atoms with Gasteiger partial charge in [-0.2, -0.15) is 5.10 Å². The van der Waals surface area contributed by atoms with E-state index in [1.807, 2.05) is 6.92 Å². The standard InChI is InChI=1S/C8H11N3O2/c1-5-3-6(8(12)13-2)10-11-7(5)4-9/h3H,4,9H2,1-2H3. The summed E-state index contributed by atoms with van der Waals surface area (Å²) in [7, 11) is 1.30. The number of carbonyl (C=O) groups is 1. The van der Waals surface area contributed by atoms with E-state index in [9.17, 15) is 4.79 Å². The van der Waals surface area contributed by atoms with Gasteiger partial charge in [-0.05, 0) is 18.6 Å². The molecule has 0 spiro atoms. The van der Waals surface area contributed by atoms with E-state index in [1.54, 1.807) is 6.07 Å². The summed E-state index contributed by atoms with van der Waals surface area (Å²) in [5.74, 6) is -0.487. The molecule has 2 N–H and O–H groups in total. The zero-order valence-electron chi connectivity index (χ0n) is 7.57. The molecule has 1 aromatic rings. The molecule has 0 aromatic carbocycles. The molecule has 0 aliphatic heterocycles. The molecule has 70 valence electrons. The molecule has 1 rings (SSSR count). The Labute approximate surface area is 75.9 Å². The molecule has 0 bridgehead atoms. The maximum absolute atomic E-state index is 11.0. The van der Waals surface area contributed by atoms with Crippen molar-refractivity contribution in [2.45, 2.75) is 13.5 Å². The van der Waals surface area contributed by atoms with Crippen molar-refractivity contribution in [1.29, 1.82) is 0 Å². The fraction of sp³-hybridized carbons (Fsp3) is 0.375. The molecule has 0 fully saturated rings. The number of nitrogens with zero attached hydrogens (tertiary/aromatic N) is 2. The zero-order chi connectivity index (χ0) is 9.84. The highest BCUT2D eigenvalue weighted by molar-refractivity contribution is 5.87. The Morgan fingerprint density at radius 2 is 2.31 bits per heavy atom. The van der Waals surface area contributed by atoms with E-state index in [-0.39, 0.29) is 5.69 Å². The zero-order valence-corrected chi connectivity index (χ0v) is 7.57. The van der Waals surface area contributed by atoms with Crippen molar-refractivity contribution < 1.29 is 9.53 Å². The maximum atomic E-state index is 11.0. The topological polar surface area (TPSA) is 78.1 Å². The minimum atomic E-state index is -0.487. The Bertz CT molecular complexity index is 325. The summed E-state index contributed by atoms with van der Waals surface area (Å²) in [6, 6.07) is 1.61. The Morgan fingerprint density at radius 3 is 2.77 bits per heavy atom. The molecule has 0 saturated carbocycles. The van der Waals surface area contributed by atoms with Crippen molar-refractivity contribution in [3.05, 3.63) is 23.0 Å². The summed E-state index contributed by atoms with van der Waals surface area (Å²) < 4.78 is 4.49. The van der Waals surface area contributed by atoms with E-state index < -0.39 is 5.97 Å². The summed E-state index contributed by atoms with van der Waals surface area (Å²) in [5.41, 5.74) is 7.13. The first-order valence-electron chi connectivity index (χ1n) is 3.80. The van der Waals surface area contributed by atoms with Crippen LogP contribution in [0.15, 0.2) is 6.07 Å². The van der Waals surface area contributed by atoms with E-state index in [0.29, 0.717) is 12.2 Å². The number of aryl methyl sites for hydroxylation is 1. The van der Waals surface area contributed by atoms with Gasteiger partial charge in [-0.1, -0.05) is 0 Å². The van der Waals surface area contributed by atoms with Crippen molar-refractivity contribution in [2.24, 2.45) is 5.73 Å². The second-order valence-corrected chi connectivity index (χ2v) is 2.55. The second kappa shape index (κ2) is 3.95. The normalized spacial score (nSPS) is 9.77. The molecule has 0 atom stereocenters. The fourth-order valence-electron chi connectivity index (χ4n) is 0.916. The van der Waals surface area contributed by atoms with Crippen molar-refractivity contribution >= 4 is 5.97 Å². The van der Waals surface area contributed by atoms with E-state index in [0.717, 1.165) is 5.56 Å². The summed E-state index contributed by atoms with van der Waals surface area (Å²) in [6.45, 7) is 2.14. The van der Waals surface area contributed by atoms with Crippen LogP contribution in [0, 0.1) is 6.92 Å². The van der Waals surface area contributed by atoms with Crippen LogP contribution in [0.3, 0.4) is 0 Å². The lowest BCUT2D eigenvalue weighted by Crippen LogP contribution is -2.10. The largest absolute Gasteiger partial charge is 0.464 e. The predicted octanol–water partition coefficient (Wildman–Crippen LogP) is 0.0303. The van der Waals surface area contributed by atoms with Crippen molar-refractivity contribution in [2.75, 3.05) is 7.11 Å². The monoisotopic (exact) mass is 181 g/mol. The van der Waals surface area contributed by atoms with E-state index in [4.69, 9.17) is 5.73 Å². The van der Waals surface area contributed by atoms with Gasteiger partial charge in [0.1, 0.15) is 0 Å². The minimum Gasteiger partial charge on any atom is -0.464 e. The molecule has 1 aromatic heterocycles. The molecule has 0 amide bonds. The molecule has 0 aliphatic carbocycles. The lowest BCUT2D eigenvalue weighted by molar-refractivity contribution is 0.0592. The Balaban J connectivity index is 3.02. The van der Waals surface area contributed by atoms with Gasteiger partial charge >= 0.3 is 5.97 Å². The quantitative estimate of drug-likeness (QED) is 0.651. The first-order valence-corrected chi connectivity index (χ1v) is 3.80. The summed E-state index contributed by atoms with van der Waals surface area (Å²) >= 11 is 0. The van der Waals surface area contributed by atoms with Gasteiger partial charge in [-0.3, -0.25) is 0 Å². The smallest absolute Gasteiger partial charge is 0.358 e. The van der Waals surface area contributed by atoms with Crippen LogP contribution < -0.4 is 5.73 Å². The molecule has 0 aliphatic rings. The number of esters is 1. The molecule has 13 heavy (non-hydrogen) atoms. The highest BCUT2D eigenvalue weighted by Crippen LogP contribution is 2.04. The van der Waals surface area contributed by atoms with Gasteiger partial charge in [0.05, 0.1) is 12.8 Å². The van der Waals surface area contributed by atoms with Crippen LogP contribution in [0.25, 0.3) is 0 Å². The van der Waals surface area contributed by atoms with Crippen molar-refractivity contribution in [1.82, 2.24) is 10.2 Å². The molecule has 0 unspecified atom stereocenters. The molecular formula is C8H11N3O2. The SMILES string of the molecule is COC(=O)c1cc(C)c(CN)nn1. The molecule has 5 nitrogen and oxygen atoms in total. The third kappa shape index (κ3) is 2.00. The van der Waals surface area contributed by atoms with Crippen molar-refractivity contribution in [3.63, 3.8) is 0 Å². The van der Waals surface area contributed by atoms with Crippen molar-refractivity contribution in [3.8, 4) is 0 Å². The molecule has 0 radical (unpaired) electrons. The van der Waals surface area contributed by atoms with E-state index in [1.165, 1.54) is 7.11 Å². The first kappa shape index (κ1) is 9.60. The lowest BCUT2D eigenvalue weighted by Gasteiger charge is -2.02. The van der Waals surface area contributed by atoms with E-state index in [2.05, 4.69) is 14.9 Å². The number of rotatable bonds is 2. The van der Waals surface area contributed by atoms with Gasteiger partial charge in [-0.25, -0.2) is 4.79 Å². The van der Waals surface area contributed by atoms with Gasteiger partial charge in [0.15, 0.2) is 5.69 Å². The summed E-state index contributed by atoms with van der Waals surface area (Å²) in [5, 5.41) is 7.47. The molecule has 5 heteroatoms. The number of nitrogens with two attached hydrogens (primary N) is 1. The number of methoxy groups -OCH3 is 1. The highest BCUT2D eigenvalue weighted by Gasteiger charge is 2.09. The van der Waals surface area contributed by atoms with Gasteiger partial charge in [0.2, 0.25) is 0 Å². The van der Waals surface area contributed by atoms with Gasteiger partial charge in [-0.15, -0.1) is 5.10 Å².